The predicted octanol–water partition coefficient (Wildman–Crippen LogP) is 3.37. The molecule has 0 amide bonds. The van der Waals surface area contributed by atoms with Crippen LogP contribution in [-0.4, -0.2) is 19.5 Å². The number of nitrogens with zero attached hydrogens (tertiary/aromatic N) is 2. The summed E-state index contributed by atoms with van der Waals surface area (Å²) in [5, 5.41) is 3.12. The SMILES string of the molecule is C=C(N=C/C=C(\N)C(C=NC)=C(N)c1ccc(F)cc1)NCc1ccccc1. The molecular formula is C22H24FN5. The van der Waals surface area contributed by atoms with Crippen LogP contribution in [0.2, 0.25) is 0 Å². The molecule has 0 atom stereocenters. The highest BCUT2D eigenvalue weighted by Crippen LogP contribution is 2.16. The summed E-state index contributed by atoms with van der Waals surface area (Å²) in [7, 11) is 1.62. The van der Waals surface area contributed by atoms with Crippen LogP contribution in [0.4, 0.5) is 4.39 Å². The van der Waals surface area contributed by atoms with Gasteiger partial charge in [-0.05, 0) is 41.5 Å². The molecule has 0 fully saturated rings. The van der Waals surface area contributed by atoms with Gasteiger partial charge in [0.2, 0.25) is 0 Å². The molecule has 2 aromatic rings. The molecule has 0 radical (unpaired) electrons. The van der Waals surface area contributed by atoms with E-state index in [-0.39, 0.29) is 5.82 Å². The summed E-state index contributed by atoms with van der Waals surface area (Å²) in [6.45, 7) is 4.49. The van der Waals surface area contributed by atoms with E-state index in [9.17, 15) is 4.39 Å². The van der Waals surface area contributed by atoms with Crippen LogP contribution in [0, 0.1) is 5.82 Å². The summed E-state index contributed by atoms with van der Waals surface area (Å²) in [6, 6.07) is 15.8. The van der Waals surface area contributed by atoms with Gasteiger partial charge in [-0.3, -0.25) is 4.99 Å². The number of hydrogen-bond donors (Lipinski definition) is 3. The molecule has 0 heterocycles. The molecule has 0 aliphatic rings. The van der Waals surface area contributed by atoms with Crippen molar-refractivity contribution < 1.29 is 4.39 Å². The van der Waals surface area contributed by atoms with E-state index in [2.05, 4.69) is 21.9 Å². The fraction of sp³-hybridized carbons (Fsp3) is 0.0909. The van der Waals surface area contributed by atoms with E-state index in [0.717, 1.165) is 5.56 Å². The molecule has 144 valence electrons. The maximum Gasteiger partial charge on any atom is 0.123 e. The van der Waals surface area contributed by atoms with Gasteiger partial charge in [-0.15, -0.1) is 0 Å². The molecule has 0 aromatic heterocycles. The number of rotatable bonds is 8. The number of aliphatic imine (C=N–C) groups is 2. The Hall–Kier alpha value is -3.67. The van der Waals surface area contributed by atoms with Crippen LogP contribution in [0.5, 0.6) is 0 Å². The van der Waals surface area contributed by atoms with E-state index in [1.807, 2.05) is 30.3 Å². The van der Waals surface area contributed by atoms with Gasteiger partial charge in [0.05, 0.1) is 0 Å². The first-order chi connectivity index (χ1) is 13.5. The smallest absolute Gasteiger partial charge is 0.123 e. The lowest BCUT2D eigenvalue weighted by Gasteiger charge is -2.09. The summed E-state index contributed by atoms with van der Waals surface area (Å²) in [6.07, 6.45) is 4.71. The van der Waals surface area contributed by atoms with E-state index < -0.39 is 0 Å². The Balaban J connectivity index is 2.09. The lowest BCUT2D eigenvalue weighted by Crippen LogP contribution is -2.11. The Morgan fingerprint density at radius 1 is 1.11 bits per heavy atom. The molecule has 0 unspecified atom stereocenters. The molecule has 6 heteroatoms. The molecule has 0 aliphatic heterocycles. The van der Waals surface area contributed by atoms with Crippen molar-refractivity contribution >= 4 is 18.1 Å². The quantitative estimate of drug-likeness (QED) is 0.487. The van der Waals surface area contributed by atoms with Gasteiger partial charge in [-0.2, -0.15) is 0 Å². The van der Waals surface area contributed by atoms with Crippen LogP contribution in [0.15, 0.2) is 94.3 Å². The molecule has 5 nitrogen and oxygen atoms in total. The molecular weight excluding hydrogens is 353 g/mol. The van der Waals surface area contributed by atoms with Crippen molar-refractivity contribution in [2.24, 2.45) is 21.5 Å². The van der Waals surface area contributed by atoms with E-state index in [1.54, 1.807) is 31.5 Å². The van der Waals surface area contributed by atoms with E-state index in [1.165, 1.54) is 18.3 Å². The van der Waals surface area contributed by atoms with Crippen LogP contribution in [0.1, 0.15) is 11.1 Å². The molecule has 2 aromatic carbocycles. The summed E-state index contributed by atoms with van der Waals surface area (Å²) < 4.78 is 13.1. The molecule has 2 rings (SSSR count). The Bertz CT molecular complexity index is 910. The van der Waals surface area contributed by atoms with Crippen LogP contribution < -0.4 is 16.8 Å². The summed E-state index contributed by atoms with van der Waals surface area (Å²) in [5.41, 5.74) is 15.4. The predicted molar refractivity (Wildman–Crippen MR) is 115 cm³/mol. The van der Waals surface area contributed by atoms with Crippen LogP contribution in [0.3, 0.4) is 0 Å². The third kappa shape index (κ3) is 6.25. The Labute approximate surface area is 164 Å². The maximum absolute atomic E-state index is 13.1. The van der Waals surface area contributed by atoms with Crippen molar-refractivity contribution in [1.82, 2.24) is 5.32 Å². The van der Waals surface area contributed by atoms with Crippen molar-refractivity contribution in [2.45, 2.75) is 6.54 Å². The molecule has 0 bridgehead atoms. The van der Waals surface area contributed by atoms with Gasteiger partial charge in [-0.25, -0.2) is 9.38 Å². The van der Waals surface area contributed by atoms with E-state index >= 15 is 0 Å². The minimum Gasteiger partial charge on any atom is -0.398 e. The Morgan fingerprint density at radius 2 is 1.79 bits per heavy atom. The average molecular weight is 377 g/mol. The first-order valence-electron chi connectivity index (χ1n) is 8.66. The topological polar surface area (TPSA) is 88.8 Å². The zero-order chi connectivity index (χ0) is 20.4. The Kier molecular flexibility index (Phi) is 7.72. The summed E-state index contributed by atoms with van der Waals surface area (Å²) in [4.78, 5) is 8.22. The molecule has 5 N–H and O–H groups in total. The standard InChI is InChI=1S/C22H24FN5/c1-16(28-14-17-6-4-3-5-7-17)27-13-12-21(24)20(15-26-2)22(25)18-8-10-19(23)11-9-18/h3-13,15,28H,1,14,24-25H2,2H3/b21-12-,22-20?,26-15?,27-13?. The molecule has 0 aliphatic carbocycles. The first-order valence-corrected chi connectivity index (χ1v) is 8.66. The van der Waals surface area contributed by atoms with Crippen molar-refractivity contribution in [1.29, 1.82) is 0 Å². The summed E-state index contributed by atoms with van der Waals surface area (Å²) >= 11 is 0. The monoisotopic (exact) mass is 377 g/mol. The zero-order valence-electron chi connectivity index (χ0n) is 15.8. The van der Waals surface area contributed by atoms with Crippen molar-refractivity contribution in [3.05, 3.63) is 101 Å². The van der Waals surface area contributed by atoms with Gasteiger partial charge in [0, 0.05) is 43.0 Å². The number of hydrogen-bond acceptors (Lipinski definition) is 5. The Morgan fingerprint density at radius 3 is 2.43 bits per heavy atom. The van der Waals surface area contributed by atoms with Gasteiger partial charge in [0.1, 0.15) is 11.6 Å². The minimum absolute atomic E-state index is 0.334. The number of benzene rings is 2. The average Bonchev–Trinajstić information content (AvgIpc) is 2.71. The highest BCUT2D eigenvalue weighted by Gasteiger charge is 2.07. The second-order valence-corrected chi connectivity index (χ2v) is 5.91. The van der Waals surface area contributed by atoms with Gasteiger partial charge in [0.25, 0.3) is 0 Å². The lowest BCUT2D eigenvalue weighted by atomic mass is 10.0. The van der Waals surface area contributed by atoms with Crippen molar-refractivity contribution in [2.75, 3.05) is 7.05 Å². The largest absolute Gasteiger partial charge is 0.398 e. The second kappa shape index (κ2) is 10.5. The van der Waals surface area contributed by atoms with Gasteiger partial charge < -0.3 is 16.8 Å². The molecule has 0 saturated heterocycles. The van der Waals surface area contributed by atoms with E-state index in [0.29, 0.717) is 34.9 Å². The highest BCUT2D eigenvalue weighted by atomic mass is 19.1. The number of halogens is 1. The fourth-order valence-corrected chi connectivity index (χ4v) is 2.36. The highest BCUT2D eigenvalue weighted by molar-refractivity contribution is 5.96. The third-order valence-corrected chi connectivity index (χ3v) is 3.84. The number of nitrogens with one attached hydrogen (secondary N) is 1. The first kappa shape index (κ1) is 20.6. The lowest BCUT2D eigenvalue weighted by molar-refractivity contribution is 0.627. The van der Waals surface area contributed by atoms with Crippen LogP contribution in [0.25, 0.3) is 5.70 Å². The minimum atomic E-state index is -0.334. The van der Waals surface area contributed by atoms with Gasteiger partial charge >= 0.3 is 0 Å². The van der Waals surface area contributed by atoms with Crippen molar-refractivity contribution in [3.63, 3.8) is 0 Å². The van der Waals surface area contributed by atoms with Crippen LogP contribution >= 0.6 is 0 Å². The second-order valence-electron chi connectivity index (χ2n) is 5.91. The number of nitrogens with two attached hydrogens (primary N) is 2. The van der Waals surface area contributed by atoms with Gasteiger partial charge in [0.15, 0.2) is 0 Å². The van der Waals surface area contributed by atoms with Crippen LogP contribution in [-0.2, 0) is 6.54 Å². The maximum atomic E-state index is 13.1. The third-order valence-electron chi connectivity index (χ3n) is 3.84. The fourth-order valence-electron chi connectivity index (χ4n) is 2.36. The van der Waals surface area contributed by atoms with Gasteiger partial charge in [-0.1, -0.05) is 36.9 Å². The molecule has 0 spiro atoms. The number of allylic oxidation sites excluding steroid dienone is 2. The molecule has 0 saturated carbocycles. The summed E-state index contributed by atoms with van der Waals surface area (Å²) in [5.74, 6) is 0.175. The zero-order valence-corrected chi connectivity index (χ0v) is 15.8. The normalized spacial score (nSPS) is 13.0. The molecule has 28 heavy (non-hydrogen) atoms. The van der Waals surface area contributed by atoms with Crippen molar-refractivity contribution in [3.8, 4) is 0 Å². The van der Waals surface area contributed by atoms with E-state index in [4.69, 9.17) is 11.5 Å².